The molecule has 0 aromatic heterocycles. The lowest BCUT2D eigenvalue weighted by Crippen LogP contribution is -2.46. The number of amides is 4. The summed E-state index contributed by atoms with van der Waals surface area (Å²) in [6.07, 6.45) is 0. The molecular weight excluding hydrogens is 284 g/mol. The SMILES string of the molecule is CNC(=O)NC(=O)[C@@H](c1ccccc1)N(C)CC(=O)N(C)C. The molecule has 0 saturated heterocycles. The molecule has 1 atom stereocenters. The summed E-state index contributed by atoms with van der Waals surface area (Å²) in [6, 6.07) is 7.69. The molecule has 0 spiro atoms. The zero-order chi connectivity index (χ0) is 16.7. The molecule has 4 amide bonds. The minimum atomic E-state index is -0.734. The summed E-state index contributed by atoms with van der Waals surface area (Å²) in [5, 5.41) is 4.59. The van der Waals surface area contributed by atoms with Crippen LogP contribution in [0.2, 0.25) is 0 Å². The zero-order valence-electron chi connectivity index (χ0n) is 13.3. The minimum absolute atomic E-state index is 0.0632. The summed E-state index contributed by atoms with van der Waals surface area (Å²) < 4.78 is 0. The van der Waals surface area contributed by atoms with Crippen molar-refractivity contribution in [2.45, 2.75) is 6.04 Å². The molecule has 7 heteroatoms. The van der Waals surface area contributed by atoms with Crippen LogP contribution in [0.1, 0.15) is 11.6 Å². The third-order valence-electron chi connectivity index (χ3n) is 3.15. The molecule has 0 unspecified atom stereocenters. The molecule has 22 heavy (non-hydrogen) atoms. The van der Waals surface area contributed by atoms with Crippen molar-refractivity contribution in [2.24, 2.45) is 0 Å². The van der Waals surface area contributed by atoms with Gasteiger partial charge in [0.25, 0.3) is 0 Å². The van der Waals surface area contributed by atoms with Crippen LogP contribution < -0.4 is 10.6 Å². The molecule has 0 aliphatic rings. The normalized spacial score (nSPS) is 11.7. The lowest BCUT2D eigenvalue weighted by molar-refractivity contribution is -0.132. The molecule has 0 radical (unpaired) electrons. The summed E-state index contributed by atoms with van der Waals surface area (Å²) in [6.45, 7) is 0.0632. The number of benzene rings is 1. The number of hydrogen-bond acceptors (Lipinski definition) is 4. The van der Waals surface area contributed by atoms with Crippen LogP contribution in [0.25, 0.3) is 0 Å². The Hall–Kier alpha value is -2.41. The second-order valence-corrected chi connectivity index (χ2v) is 5.08. The highest BCUT2D eigenvalue weighted by Crippen LogP contribution is 2.19. The van der Waals surface area contributed by atoms with E-state index in [4.69, 9.17) is 0 Å². The molecule has 0 aliphatic carbocycles. The van der Waals surface area contributed by atoms with E-state index in [1.807, 2.05) is 6.07 Å². The summed E-state index contributed by atoms with van der Waals surface area (Å²) >= 11 is 0. The van der Waals surface area contributed by atoms with Gasteiger partial charge in [0.1, 0.15) is 6.04 Å². The molecule has 0 aliphatic heterocycles. The van der Waals surface area contributed by atoms with E-state index in [0.29, 0.717) is 5.56 Å². The number of nitrogens with one attached hydrogen (secondary N) is 2. The molecule has 7 nitrogen and oxygen atoms in total. The van der Waals surface area contributed by atoms with Crippen LogP contribution >= 0.6 is 0 Å². The number of imide groups is 1. The first-order chi connectivity index (χ1) is 10.4. The van der Waals surface area contributed by atoms with E-state index in [1.54, 1.807) is 50.3 Å². The van der Waals surface area contributed by atoms with Gasteiger partial charge in [-0.05, 0) is 12.6 Å². The van der Waals surface area contributed by atoms with Crippen LogP contribution in [0.5, 0.6) is 0 Å². The van der Waals surface area contributed by atoms with Gasteiger partial charge in [0, 0.05) is 21.1 Å². The summed E-state index contributed by atoms with van der Waals surface area (Å²) in [7, 11) is 6.40. The van der Waals surface area contributed by atoms with Crippen molar-refractivity contribution in [3.05, 3.63) is 35.9 Å². The molecule has 1 aromatic rings. The van der Waals surface area contributed by atoms with Gasteiger partial charge in [-0.1, -0.05) is 30.3 Å². The number of likely N-dealkylation sites (N-methyl/N-ethyl adjacent to an activating group) is 2. The van der Waals surface area contributed by atoms with Crippen LogP contribution in [0, 0.1) is 0 Å². The molecule has 1 aromatic carbocycles. The number of carbonyl (C=O) groups excluding carboxylic acids is 3. The maximum Gasteiger partial charge on any atom is 0.321 e. The third kappa shape index (κ3) is 4.85. The average molecular weight is 306 g/mol. The Kier molecular flexibility index (Phi) is 6.52. The standard InChI is InChI=1S/C15H22N4O3/c1-16-15(22)17-14(21)13(11-8-6-5-7-9-11)19(4)10-12(20)18(2)3/h5-9,13H,10H2,1-4H3,(H2,16,17,21,22)/t13-/m1/s1. The highest BCUT2D eigenvalue weighted by molar-refractivity contribution is 5.97. The van der Waals surface area contributed by atoms with Crippen LogP contribution in [-0.2, 0) is 9.59 Å². The maximum absolute atomic E-state index is 12.4. The topological polar surface area (TPSA) is 81.8 Å². The van der Waals surface area contributed by atoms with Gasteiger partial charge >= 0.3 is 6.03 Å². The van der Waals surface area contributed by atoms with E-state index in [2.05, 4.69) is 10.6 Å². The van der Waals surface area contributed by atoms with Crippen molar-refractivity contribution in [1.82, 2.24) is 20.4 Å². The lowest BCUT2D eigenvalue weighted by atomic mass is 10.0. The Labute approximate surface area is 130 Å². The van der Waals surface area contributed by atoms with Gasteiger partial charge < -0.3 is 10.2 Å². The van der Waals surface area contributed by atoms with Gasteiger partial charge in [0.2, 0.25) is 11.8 Å². The van der Waals surface area contributed by atoms with Crippen LogP contribution in [0.4, 0.5) is 4.79 Å². The van der Waals surface area contributed by atoms with Crippen molar-refractivity contribution in [2.75, 3.05) is 34.7 Å². The number of nitrogens with zero attached hydrogens (tertiary/aromatic N) is 2. The Bertz CT molecular complexity index is 531. The van der Waals surface area contributed by atoms with E-state index in [1.165, 1.54) is 11.9 Å². The molecule has 2 N–H and O–H groups in total. The van der Waals surface area contributed by atoms with Gasteiger partial charge in [-0.2, -0.15) is 0 Å². The third-order valence-corrected chi connectivity index (χ3v) is 3.15. The summed E-state index contributed by atoms with van der Waals surface area (Å²) in [5.41, 5.74) is 0.706. The Morgan fingerprint density at radius 3 is 2.18 bits per heavy atom. The van der Waals surface area contributed by atoms with Crippen molar-refractivity contribution in [3.8, 4) is 0 Å². The molecule has 1 rings (SSSR count). The number of urea groups is 1. The van der Waals surface area contributed by atoms with Crippen LogP contribution in [-0.4, -0.2) is 62.4 Å². The highest BCUT2D eigenvalue weighted by Gasteiger charge is 2.27. The Morgan fingerprint density at radius 1 is 1.09 bits per heavy atom. The maximum atomic E-state index is 12.4. The van der Waals surface area contributed by atoms with Crippen molar-refractivity contribution in [3.63, 3.8) is 0 Å². The van der Waals surface area contributed by atoms with E-state index in [0.717, 1.165) is 0 Å². The first-order valence-electron chi connectivity index (χ1n) is 6.84. The fraction of sp³-hybridized carbons (Fsp3) is 0.400. The minimum Gasteiger partial charge on any atom is -0.348 e. The molecule has 120 valence electrons. The van der Waals surface area contributed by atoms with Gasteiger partial charge in [-0.25, -0.2) is 4.79 Å². The van der Waals surface area contributed by atoms with Crippen LogP contribution in [0.15, 0.2) is 30.3 Å². The van der Waals surface area contributed by atoms with Crippen molar-refractivity contribution in [1.29, 1.82) is 0 Å². The first kappa shape index (κ1) is 17.6. The molecule has 0 saturated carbocycles. The molecule has 0 heterocycles. The van der Waals surface area contributed by atoms with Gasteiger partial charge in [0.15, 0.2) is 0 Å². The van der Waals surface area contributed by atoms with E-state index in [9.17, 15) is 14.4 Å². The smallest absolute Gasteiger partial charge is 0.321 e. The van der Waals surface area contributed by atoms with Crippen molar-refractivity contribution < 1.29 is 14.4 Å². The first-order valence-corrected chi connectivity index (χ1v) is 6.84. The molecule has 0 bridgehead atoms. The number of rotatable bonds is 5. The zero-order valence-corrected chi connectivity index (χ0v) is 13.3. The van der Waals surface area contributed by atoms with Crippen molar-refractivity contribution >= 4 is 17.8 Å². The van der Waals surface area contributed by atoms with Gasteiger partial charge in [-0.3, -0.25) is 19.8 Å². The quantitative estimate of drug-likeness (QED) is 0.814. The summed E-state index contributed by atoms with van der Waals surface area (Å²) in [5.74, 6) is -0.615. The second kappa shape index (κ2) is 8.14. The fourth-order valence-corrected chi connectivity index (χ4v) is 1.93. The monoisotopic (exact) mass is 306 g/mol. The lowest BCUT2D eigenvalue weighted by Gasteiger charge is -2.27. The Balaban J connectivity index is 2.99. The van der Waals surface area contributed by atoms with Gasteiger partial charge in [0.05, 0.1) is 6.54 Å². The van der Waals surface area contributed by atoms with E-state index < -0.39 is 18.0 Å². The predicted molar refractivity (Wildman–Crippen MR) is 83.1 cm³/mol. The average Bonchev–Trinajstić information content (AvgIpc) is 2.48. The number of carbonyl (C=O) groups is 3. The predicted octanol–water partition coefficient (Wildman–Crippen LogP) is 0.203. The van der Waals surface area contributed by atoms with E-state index in [-0.39, 0.29) is 12.5 Å². The second-order valence-electron chi connectivity index (χ2n) is 5.08. The van der Waals surface area contributed by atoms with Crippen LogP contribution in [0.3, 0.4) is 0 Å². The van der Waals surface area contributed by atoms with E-state index >= 15 is 0 Å². The largest absolute Gasteiger partial charge is 0.348 e. The molecule has 0 fully saturated rings. The van der Waals surface area contributed by atoms with Gasteiger partial charge in [-0.15, -0.1) is 0 Å². The Morgan fingerprint density at radius 2 is 1.68 bits per heavy atom. The molecular formula is C15H22N4O3. The number of hydrogen-bond donors (Lipinski definition) is 2. The summed E-state index contributed by atoms with van der Waals surface area (Å²) in [4.78, 5) is 38.7. The fourth-order valence-electron chi connectivity index (χ4n) is 1.93. The highest BCUT2D eigenvalue weighted by atomic mass is 16.2.